The maximum Gasteiger partial charge on any atom is 0.211 e. The first-order valence-electron chi connectivity index (χ1n) is 16.3. The van der Waals surface area contributed by atoms with Gasteiger partial charge in [0.15, 0.2) is 0 Å². The summed E-state index contributed by atoms with van der Waals surface area (Å²) in [5.41, 5.74) is 11.4. The van der Waals surface area contributed by atoms with Gasteiger partial charge in [0.1, 0.15) is 0 Å². The highest BCUT2D eigenvalue weighted by atomic mass is 15.0. The molecule has 0 fully saturated rings. The number of hydrogen-bond acceptors (Lipinski definition) is 2. The molecule has 0 amide bonds. The number of nitrogens with zero attached hydrogens (tertiary/aromatic N) is 5. The molecule has 2 heterocycles. The van der Waals surface area contributed by atoms with Crippen molar-refractivity contribution < 1.29 is 0 Å². The first-order chi connectivity index (χ1) is 24.7. The van der Waals surface area contributed by atoms with Crippen LogP contribution in [0.4, 0.5) is 5.69 Å². The summed E-state index contributed by atoms with van der Waals surface area (Å²) in [7, 11) is 0. The average molecular weight is 636 g/mol. The molecule has 0 aliphatic rings. The van der Waals surface area contributed by atoms with E-state index in [1.54, 1.807) is 0 Å². The zero-order valence-corrected chi connectivity index (χ0v) is 26.7. The van der Waals surface area contributed by atoms with Crippen LogP contribution in [-0.2, 0) is 0 Å². The minimum atomic E-state index is 0.577. The Labute approximate surface area is 288 Å². The molecule has 0 bridgehead atoms. The maximum atomic E-state index is 10.3. The van der Waals surface area contributed by atoms with Gasteiger partial charge in [-0.3, -0.25) is 0 Å². The van der Waals surface area contributed by atoms with Crippen molar-refractivity contribution in [2.24, 2.45) is 0 Å². The lowest BCUT2D eigenvalue weighted by Gasteiger charge is -2.16. The van der Waals surface area contributed by atoms with Gasteiger partial charge in [0.05, 0.1) is 57.6 Å². The molecule has 230 valence electrons. The fraction of sp³-hybridized carbons (Fsp3) is 0. The van der Waals surface area contributed by atoms with Crippen molar-refractivity contribution in [2.45, 2.75) is 0 Å². The topological polar surface area (TPSA) is 61.8 Å². The Morgan fingerprint density at radius 2 is 1.18 bits per heavy atom. The number of nitriles is 2. The largest absolute Gasteiger partial charge is 0.319 e. The molecule has 0 aliphatic heterocycles. The standard InChI is InChI=1S/C45H25N5/c1-48-40-16-9-15-37-35-13-3-6-18-42(35)49(45(37)40)33-11-8-10-30(25-33)38-26-31(21-22-32(38)28-47)34-12-2-5-17-41(34)50-43-19-7-4-14-36(43)39-24-29(27-46)20-23-44(39)50/h2-26H. The van der Waals surface area contributed by atoms with Gasteiger partial charge < -0.3 is 9.13 Å². The first-order valence-corrected chi connectivity index (χ1v) is 16.3. The third kappa shape index (κ3) is 4.31. The number of hydrogen-bond donors (Lipinski definition) is 0. The van der Waals surface area contributed by atoms with Gasteiger partial charge in [0.2, 0.25) is 5.69 Å². The zero-order chi connectivity index (χ0) is 33.8. The van der Waals surface area contributed by atoms with Crippen LogP contribution in [0.15, 0.2) is 152 Å². The Morgan fingerprint density at radius 1 is 0.500 bits per heavy atom. The van der Waals surface area contributed by atoms with Crippen LogP contribution >= 0.6 is 0 Å². The molecule has 0 atom stereocenters. The molecule has 9 rings (SSSR count). The van der Waals surface area contributed by atoms with E-state index < -0.39 is 0 Å². The van der Waals surface area contributed by atoms with Crippen LogP contribution in [0.1, 0.15) is 11.1 Å². The summed E-state index contributed by atoms with van der Waals surface area (Å²) in [5.74, 6) is 0. The van der Waals surface area contributed by atoms with Crippen molar-refractivity contribution in [1.29, 1.82) is 10.5 Å². The highest BCUT2D eigenvalue weighted by molar-refractivity contribution is 6.13. The Balaban J connectivity index is 1.24. The van der Waals surface area contributed by atoms with Crippen molar-refractivity contribution in [1.82, 2.24) is 9.13 Å². The molecule has 7 aromatic carbocycles. The molecule has 50 heavy (non-hydrogen) atoms. The number of aromatic nitrogens is 2. The molecule has 0 saturated carbocycles. The molecule has 0 saturated heterocycles. The molecule has 9 aromatic rings. The summed E-state index contributed by atoms with van der Waals surface area (Å²) in [6.07, 6.45) is 0. The van der Waals surface area contributed by atoms with E-state index in [9.17, 15) is 10.5 Å². The van der Waals surface area contributed by atoms with Crippen molar-refractivity contribution in [3.8, 4) is 45.8 Å². The van der Waals surface area contributed by atoms with E-state index in [0.717, 1.165) is 77.2 Å². The summed E-state index contributed by atoms with van der Waals surface area (Å²) in [4.78, 5) is 3.88. The van der Waals surface area contributed by atoms with Gasteiger partial charge in [-0.25, -0.2) is 4.85 Å². The molecule has 0 spiro atoms. The van der Waals surface area contributed by atoms with Gasteiger partial charge in [-0.15, -0.1) is 0 Å². The number of rotatable bonds is 4. The Morgan fingerprint density at radius 3 is 1.98 bits per heavy atom. The van der Waals surface area contributed by atoms with E-state index in [1.165, 1.54) is 0 Å². The molecule has 0 aliphatic carbocycles. The summed E-state index contributed by atoms with van der Waals surface area (Å²) < 4.78 is 4.42. The Hall–Kier alpha value is -7.39. The molecule has 2 aromatic heterocycles. The lowest BCUT2D eigenvalue weighted by molar-refractivity contribution is 1.18. The van der Waals surface area contributed by atoms with E-state index in [4.69, 9.17) is 6.57 Å². The number of para-hydroxylation sites is 4. The normalized spacial score (nSPS) is 11.1. The molecular formula is C45H25N5. The predicted molar refractivity (Wildman–Crippen MR) is 202 cm³/mol. The lowest BCUT2D eigenvalue weighted by Crippen LogP contribution is -1.98. The molecule has 0 N–H and O–H groups in total. The van der Waals surface area contributed by atoms with Crippen molar-refractivity contribution in [3.63, 3.8) is 0 Å². The summed E-state index contributed by atoms with van der Waals surface area (Å²) in [6.45, 7) is 7.93. The third-order valence-corrected chi connectivity index (χ3v) is 9.61. The minimum absolute atomic E-state index is 0.577. The Kier molecular flexibility index (Phi) is 6.56. The second-order valence-electron chi connectivity index (χ2n) is 12.3. The van der Waals surface area contributed by atoms with Crippen LogP contribution < -0.4 is 0 Å². The van der Waals surface area contributed by atoms with Gasteiger partial charge in [-0.1, -0.05) is 91.0 Å². The van der Waals surface area contributed by atoms with Gasteiger partial charge >= 0.3 is 0 Å². The van der Waals surface area contributed by atoms with Crippen molar-refractivity contribution in [3.05, 3.63) is 174 Å². The number of fused-ring (bicyclic) bond motifs is 6. The summed E-state index contributed by atoms with van der Waals surface area (Å²) in [6, 6.07) is 55.5. The predicted octanol–water partition coefficient (Wildman–Crippen LogP) is 11.5. The van der Waals surface area contributed by atoms with E-state index in [1.807, 2.05) is 91.0 Å². The number of benzene rings is 7. The van der Waals surface area contributed by atoms with E-state index in [0.29, 0.717) is 16.8 Å². The summed E-state index contributed by atoms with van der Waals surface area (Å²) >= 11 is 0. The quantitative estimate of drug-likeness (QED) is 0.181. The third-order valence-electron chi connectivity index (χ3n) is 9.61. The van der Waals surface area contributed by atoms with Crippen LogP contribution in [0.25, 0.3) is 82.1 Å². The monoisotopic (exact) mass is 635 g/mol. The van der Waals surface area contributed by atoms with Crippen molar-refractivity contribution >= 4 is 49.3 Å². The average Bonchev–Trinajstić information content (AvgIpc) is 3.70. The van der Waals surface area contributed by atoms with Crippen LogP contribution in [0, 0.1) is 29.2 Å². The van der Waals surface area contributed by atoms with Gasteiger partial charge in [-0.05, 0) is 77.2 Å². The fourth-order valence-corrected chi connectivity index (χ4v) is 7.43. The molecular weight excluding hydrogens is 611 g/mol. The second kappa shape index (κ2) is 11.4. The molecule has 0 radical (unpaired) electrons. The fourth-order valence-electron chi connectivity index (χ4n) is 7.43. The lowest BCUT2D eigenvalue weighted by atomic mass is 9.94. The van der Waals surface area contributed by atoms with E-state index in [2.05, 4.69) is 86.8 Å². The van der Waals surface area contributed by atoms with Crippen molar-refractivity contribution in [2.75, 3.05) is 0 Å². The molecule has 5 nitrogen and oxygen atoms in total. The van der Waals surface area contributed by atoms with E-state index >= 15 is 0 Å². The van der Waals surface area contributed by atoms with Crippen LogP contribution in [-0.4, -0.2) is 9.13 Å². The maximum absolute atomic E-state index is 10.3. The minimum Gasteiger partial charge on any atom is -0.319 e. The van der Waals surface area contributed by atoms with Crippen LogP contribution in [0.5, 0.6) is 0 Å². The molecule has 0 unspecified atom stereocenters. The highest BCUT2D eigenvalue weighted by Gasteiger charge is 2.19. The van der Waals surface area contributed by atoms with Gasteiger partial charge in [0.25, 0.3) is 0 Å². The smallest absolute Gasteiger partial charge is 0.211 e. The zero-order valence-electron chi connectivity index (χ0n) is 26.7. The SMILES string of the molecule is [C-]#[N+]c1cccc2c3ccccc3n(-c3cccc(-c4cc(-c5ccccc5-n5c6ccccc6c6cc(C#N)ccc65)ccc4C#N)c3)c12. The van der Waals surface area contributed by atoms with Crippen LogP contribution in [0.2, 0.25) is 0 Å². The van der Waals surface area contributed by atoms with Gasteiger partial charge in [0, 0.05) is 33.0 Å². The summed E-state index contributed by atoms with van der Waals surface area (Å²) in [5, 5.41) is 24.2. The Bertz CT molecular complexity index is 2970. The molecule has 5 heteroatoms. The second-order valence-corrected chi connectivity index (χ2v) is 12.3. The first kappa shape index (κ1) is 28.8. The highest BCUT2D eigenvalue weighted by Crippen LogP contribution is 2.40. The van der Waals surface area contributed by atoms with E-state index in [-0.39, 0.29) is 0 Å². The van der Waals surface area contributed by atoms with Gasteiger partial charge in [-0.2, -0.15) is 10.5 Å². The van der Waals surface area contributed by atoms with Crippen LogP contribution in [0.3, 0.4) is 0 Å².